The number of aromatic nitrogens is 3. The summed E-state index contributed by atoms with van der Waals surface area (Å²) in [6, 6.07) is 10.4. The Hall–Kier alpha value is -3.55. The fourth-order valence-electron chi connectivity index (χ4n) is 2.38. The smallest absolute Gasteiger partial charge is 0.274 e. The topological polar surface area (TPSA) is 106 Å². The second-order valence-electron chi connectivity index (χ2n) is 5.29. The first-order valence-corrected chi connectivity index (χ1v) is 7.56. The van der Waals surface area contributed by atoms with Crippen LogP contribution in [0, 0.1) is 17.0 Å². The SMILES string of the molecule is CNc1nc(Nc2cccc([N+](=O)[O-])c2C)cc(-c2cccnc2)n1. The van der Waals surface area contributed by atoms with Crippen LogP contribution in [-0.4, -0.2) is 26.9 Å². The predicted molar refractivity (Wildman–Crippen MR) is 95.9 cm³/mol. The summed E-state index contributed by atoms with van der Waals surface area (Å²) in [6.07, 6.45) is 3.40. The minimum Gasteiger partial charge on any atom is -0.357 e. The normalized spacial score (nSPS) is 10.3. The van der Waals surface area contributed by atoms with E-state index in [9.17, 15) is 10.1 Å². The molecule has 0 atom stereocenters. The Labute approximate surface area is 144 Å². The van der Waals surface area contributed by atoms with Gasteiger partial charge in [0, 0.05) is 42.8 Å². The van der Waals surface area contributed by atoms with Gasteiger partial charge >= 0.3 is 0 Å². The molecule has 0 aliphatic carbocycles. The number of hydrogen-bond acceptors (Lipinski definition) is 7. The van der Waals surface area contributed by atoms with Crippen LogP contribution >= 0.6 is 0 Å². The van der Waals surface area contributed by atoms with E-state index >= 15 is 0 Å². The van der Waals surface area contributed by atoms with Gasteiger partial charge in [-0.25, -0.2) is 4.98 Å². The summed E-state index contributed by atoms with van der Waals surface area (Å²) in [6.45, 7) is 1.70. The van der Waals surface area contributed by atoms with Gasteiger partial charge in [-0.15, -0.1) is 0 Å². The lowest BCUT2D eigenvalue weighted by Crippen LogP contribution is -2.03. The highest BCUT2D eigenvalue weighted by Crippen LogP contribution is 2.29. The van der Waals surface area contributed by atoms with Crippen molar-refractivity contribution in [2.45, 2.75) is 6.92 Å². The molecule has 0 amide bonds. The van der Waals surface area contributed by atoms with Crippen molar-refractivity contribution in [1.29, 1.82) is 0 Å². The Morgan fingerprint density at radius 2 is 2.00 bits per heavy atom. The predicted octanol–water partition coefficient (Wildman–Crippen LogP) is 3.54. The quantitative estimate of drug-likeness (QED) is 0.542. The lowest BCUT2D eigenvalue weighted by Gasteiger charge is -2.11. The summed E-state index contributed by atoms with van der Waals surface area (Å²) in [7, 11) is 1.73. The number of anilines is 3. The van der Waals surface area contributed by atoms with Gasteiger partial charge in [0.15, 0.2) is 0 Å². The summed E-state index contributed by atoms with van der Waals surface area (Å²) in [5.74, 6) is 0.966. The van der Waals surface area contributed by atoms with Crippen molar-refractivity contribution in [3.8, 4) is 11.3 Å². The molecule has 1 aromatic carbocycles. The number of rotatable bonds is 5. The van der Waals surface area contributed by atoms with Crippen LogP contribution in [0.15, 0.2) is 48.8 Å². The van der Waals surface area contributed by atoms with Crippen molar-refractivity contribution in [3.05, 3.63) is 64.5 Å². The van der Waals surface area contributed by atoms with Gasteiger partial charge in [0.05, 0.1) is 16.2 Å². The molecule has 3 rings (SSSR count). The largest absolute Gasteiger partial charge is 0.357 e. The summed E-state index contributed by atoms with van der Waals surface area (Å²) >= 11 is 0. The standard InChI is InChI=1S/C17H16N6O2/c1-11-13(6-3-7-15(11)23(24)25)20-16-9-14(21-17(18-2)22-16)12-5-4-8-19-10-12/h3-10H,1-2H3,(H2,18,20,21,22). The van der Waals surface area contributed by atoms with Crippen molar-refractivity contribution in [2.75, 3.05) is 17.7 Å². The Morgan fingerprint density at radius 3 is 2.68 bits per heavy atom. The number of pyridine rings is 1. The zero-order valence-corrected chi connectivity index (χ0v) is 13.7. The van der Waals surface area contributed by atoms with Gasteiger partial charge in [0.1, 0.15) is 5.82 Å². The van der Waals surface area contributed by atoms with Crippen LogP contribution in [0.25, 0.3) is 11.3 Å². The van der Waals surface area contributed by atoms with Gasteiger partial charge in [-0.05, 0) is 25.1 Å². The second kappa shape index (κ2) is 6.91. The molecule has 2 N–H and O–H groups in total. The van der Waals surface area contributed by atoms with E-state index in [-0.39, 0.29) is 5.69 Å². The molecule has 2 heterocycles. The van der Waals surface area contributed by atoms with Crippen LogP contribution in [-0.2, 0) is 0 Å². The number of nitro groups is 1. The van der Waals surface area contributed by atoms with Gasteiger partial charge < -0.3 is 10.6 Å². The number of benzene rings is 1. The Balaban J connectivity index is 2.01. The molecule has 0 aliphatic rings. The molecule has 3 aromatic rings. The van der Waals surface area contributed by atoms with Gasteiger partial charge in [-0.1, -0.05) is 6.07 Å². The zero-order chi connectivity index (χ0) is 17.8. The zero-order valence-electron chi connectivity index (χ0n) is 13.7. The van der Waals surface area contributed by atoms with Gasteiger partial charge in [0.25, 0.3) is 5.69 Å². The molecule has 0 radical (unpaired) electrons. The highest BCUT2D eigenvalue weighted by molar-refractivity contribution is 5.70. The van der Waals surface area contributed by atoms with E-state index < -0.39 is 4.92 Å². The molecule has 0 saturated heterocycles. The van der Waals surface area contributed by atoms with E-state index in [1.165, 1.54) is 6.07 Å². The van der Waals surface area contributed by atoms with Crippen molar-refractivity contribution < 1.29 is 4.92 Å². The van der Waals surface area contributed by atoms with Crippen LogP contribution in [0.4, 0.5) is 23.1 Å². The van der Waals surface area contributed by atoms with E-state index in [0.29, 0.717) is 28.7 Å². The van der Waals surface area contributed by atoms with E-state index in [2.05, 4.69) is 25.6 Å². The summed E-state index contributed by atoms with van der Waals surface area (Å²) in [5.41, 5.74) is 2.76. The molecule has 0 spiro atoms. The number of nitro benzene ring substituents is 1. The van der Waals surface area contributed by atoms with Crippen molar-refractivity contribution >= 4 is 23.1 Å². The van der Waals surface area contributed by atoms with Crippen LogP contribution in [0.1, 0.15) is 5.56 Å². The Bertz CT molecular complexity index is 914. The molecular weight excluding hydrogens is 320 g/mol. The first kappa shape index (κ1) is 16.3. The van der Waals surface area contributed by atoms with E-state index in [4.69, 9.17) is 0 Å². The first-order valence-electron chi connectivity index (χ1n) is 7.56. The molecule has 0 saturated carbocycles. The molecule has 8 nitrogen and oxygen atoms in total. The lowest BCUT2D eigenvalue weighted by atomic mass is 10.1. The lowest BCUT2D eigenvalue weighted by molar-refractivity contribution is -0.385. The maximum Gasteiger partial charge on any atom is 0.274 e. The maximum atomic E-state index is 11.1. The minimum absolute atomic E-state index is 0.0559. The Morgan fingerprint density at radius 1 is 1.16 bits per heavy atom. The molecule has 126 valence electrons. The van der Waals surface area contributed by atoms with Crippen molar-refractivity contribution in [3.63, 3.8) is 0 Å². The third kappa shape index (κ3) is 3.52. The molecular formula is C17H16N6O2. The molecule has 0 bridgehead atoms. The first-order chi connectivity index (χ1) is 12.1. The van der Waals surface area contributed by atoms with Crippen LogP contribution in [0.3, 0.4) is 0 Å². The van der Waals surface area contributed by atoms with Crippen molar-refractivity contribution in [2.24, 2.45) is 0 Å². The fraction of sp³-hybridized carbons (Fsp3) is 0.118. The number of hydrogen-bond donors (Lipinski definition) is 2. The molecule has 25 heavy (non-hydrogen) atoms. The van der Waals surface area contributed by atoms with E-state index in [1.54, 1.807) is 44.6 Å². The Kier molecular flexibility index (Phi) is 4.51. The average Bonchev–Trinajstić information content (AvgIpc) is 2.63. The molecule has 0 fully saturated rings. The van der Waals surface area contributed by atoms with Gasteiger partial charge in [-0.2, -0.15) is 4.98 Å². The van der Waals surface area contributed by atoms with Crippen LogP contribution in [0.5, 0.6) is 0 Å². The average molecular weight is 336 g/mol. The third-order valence-electron chi connectivity index (χ3n) is 3.67. The number of nitrogens with one attached hydrogen (secondary N) is 2. The van der Waals surface area contributed by atoms with Crippen molar-refractivity contribution in [1.82, 2.24) is 15.0 Å². The van der Waals surface area contributed by atoms with Gasteiger partial charge in [-0.3, -0.25) is 15.1 Å². The number of nitrogens with zero attached hydrogens (tertiary/aromatic N) is 4. The second-order valence-corrected chi connectivity index (χ2v) is 5.29. The highest BCUT2D eigenvalue weighted by Gasteiger charge is 2.14. The molecule has 8 heteroatoms. The van der Waals surface area contributed by atoms with E-state index in [1.807, 2.05) is 12.1 Å². The highest BCUT2D eigenvalue weighted by atomic mass is 16.6. The van der Waals surface area contributed by atoms with Gasteiger partial charge in [0.2, 0.25) is 5.95 Å². The van der Waals surface area contributed by atoms with Crippen LogP contribution in [0.2, 0.25) is 0 Å². The fourth-order valence-corrected chi connectivity index (χ4v) is 2.38. The molecule has 0 aliphatic heterocycles. The van der Waals surface area contributed by atoms with E-state index in [0.717, 1.165) is 5.56 Å². The summed E-state index contributed by atoms with van der Waals surface area (Å²) in [4.78, 5) is 23.6. The molecule has 0 unspecified atom stereocenters. The monoisotopic (exact) mass is 336 g/mol. The van der Waals surface area contributed by atoms with Crippen LogP contribution < -0.4 is 10.6 Å². The summed E-state index contributed by atoms with van der Waals surface area (Å²) in [5, 5.41) is 17.2. The molecule has 2 aromatic heterocycles. The maximum absolute atomic E-state index is 11.1. The minimum atomic E-state index is -0.402. The third-order valence-corrected chi connectivity index (χ3v) is 3.67. The summed E-state index contributed by atoms with van der Waals surface area (Å²) < 4.78 is 0.